The summed E-state index contributed by atoms with van der Waals surface area (Å²) >= 11 is 0. The van der Waals surface area contributed by atoms with Gasteiger partial charge in [0.05, 0.1) is 0 Å². The molecule has 3 heteroatoms. The van der Waals surface area contributed by atoms with Crippen molar-refractivity contribution in [1.29, 1.82) is 0 Å². The number of hydrogen-bond donors (Lipinski definition) is 0. The number of hydrogen-bond acceptors (Lipinski definition) is 3. The van der Waals surface area contributed by atoms with Crippen LogP contribution in [0, 0.1) is 0 Å². The van der Waals surface area contributed by atoms with Crippen molar-refractivity contribution >= 4 is 5.78 Å². The van der Waals surface area contributed by atoms with E-state index in [9.17, 15) is 4.79 Å². The molecule has 2 aromatic carbocycles. The molecule has 0 N–H and O–H groups in total. The van der Waals surface area contributed by atoms with Crippen LogP contribution in [-0.4, -0.2) is 15.8 Å². The molecule has 0 spiro atoms. The minimum Gasteiger partial charge on any atom is -0.285 e. The Hall–Kier alpha value is -3.59. The van der Waals surface area contributed by atoms with Gasteiger partial charge in [-0.1, -0.05) is 72.8 Å². The third kappa shape index (κ3) is 3.03. The van der Waals surface area contributed by atoms with E-state index in [1.165, 1.54) is 0 Å². The van der Waals surface area contributed by atoms with E-state index in [4.69, 9.17) is 0 Å². The molecule has 0 atom stereocenters. The van der Waals surface area contributed by atoms with Crippen LogP contribution >= 0.6 is 0 Å². The molecular formula is C23H16N2O. The average molecular weight is 336 g/mol. The Morgan fingerprint density at radius 2 is 0.962 bits per heavy atom. The standard InChI is InChI=1S/C23H16N2O/c26-23(21-19(13-7-15-24-21)17-9-3-1-4-10-17)22-20(14-8-16-25-22)18-11-5-2-6-12-18/h1-16H. The van der Waals surface area contributed by atoms with E-state index >= 15 is 0 Å². The highest BCUT2D eigenvalue weighted by molar-refractivity contribution is 6.13. The number of rotatable bonds is 4. The average Bonchev–Trinajstić information content (AvgIpc) is 2.74. The topological polar surface area (TPSA) is 42.9 Å². The van der Waals surface area contributed by atoms with E-state index in [0.29, 0.717) is 11.4 Å². The Labute approximate surface area is 152 Å². The highest BCUT2D eigenvalue weighted by Gasteiger charge is 2.20. The first kappa shape index (κ1) is 15.9. The van der Waals surface area contributed by atoms with Crippen molar-refractivity contribution in [2.75, 3.05) is 0 Å². The monoisotopic (exact) mass is 336 g/mol. The van der Waals surface area contributed by atoms with Crippen LogP contribution in [0.25, 0.3) is 22.3 Å². The maximum atomic E-state index is 13.3. The Bertz CT molecular complexity index is 959. The summed E-state index contributed by atoms with van der Waals surface area (Å²) in [5, 5.41) is 0. The fraction of sp³-hybridized carbons (Fsp3) is 0. The second-order valence-corrected chi connectivity index (χ2v) is 5.86. The molecule has 0 unspecified atom stereocenters. The summed E-state index contributed by atoms with van der Waals surface area (Å²) in [5.74, 6) is -0.177. The zero-order valence-corrected chi connectivity index (χ0v) is 14.0. The number of ketones is 1. The lowest BCUT2D eigenvalue weighted by molar-refractivity contribution is 0.103. The molecule has 26 heavy (non-hydrogen) atoms. The predicted octanol–water partition coefficient (Wildman–Crippen LogP) is 5.04. The lowest BCUT2D eigenvalue weighted by Gasteiger charge is -2.10. The number of nitrogens with zero attached hydrogens (tertiary/aromatic N) is 2. The van der Waals surface area contributed by atoms with Gasteiger partial charge in [0, 0.05) is 23.5 Å². The van der Waals surface area contributed by atoms with Crippen LogP contribution in [0.2, 0.25) is 0 Å². The van der Waals surface area contributed by atoms with E-state index in [2.05, 4.69) is 9.97 Å². The molecule has 4 aromatic rings. The van der Waals surface area contributed by atoms with Gasteiger partial charge in [-0.15, -0.1) is 0 Å². The second kappa shape index (κ2) is 7.11. The first-order chi connectivity index (χ1) is 12.8. The first-order valence-electron chi connectivity index (χ1n) is 8.40. The van der Waals surface area contributed by atoms with Crippen LogP contribution in [0.1, 0.15) is 16.2 Å². The van der Waals surface area contributed by atoms with Gasteiger partial charge in [0.15, 0.2) is 0 Å². The summed E-state index contributed by atoms with van der Waals surface area (Å²) in [6.45, 7) is 0. The van der Waals surface area contributed by atoms with E-state index in [-0.39, 0.29) is 5.78 Å². The van der Waals surface area contributed by atoms with Crippen LogP contribution in [0.3, 0.4) is 0 Å². The maximum absolute atomic E-state index is 13.3. The lowest BCUT2D eigenvalue weighted by atomic mass is 9.96. The second-order valence-electron chi connectivity index (χ2n) is 5.86. The van der Waals surface area contributed by atoms with Crippen molar-refractivity contribution in [3.05, 3.63) is 109 Å². The Kier molecular flexibility index (Phi) is 4.35. The van der Waals surface area contributed by atoms with E-state index in [1.54, 1.807) is 12.4 Å². The molecule has 0 aliphatic carbocycles. The zero-order valence-electron chi connectivity index (χ0n) is 14.0. The smallest absolute Gasteiger partial charge is 0.230 e. The molecule has 0 amide bonds. The molecular weight excluding hydrogens is 320 g/mol. The van der Waals surface area contributed by atoms with Crippen LogP contribution in [0.4, 0.5) is 0 Å². The summed E-state index contributed by atoms with van der Waals surface area (Å²) in [4.78, 5) is 22.1. The molecule has 2 aromatic heterocycles. The molecule has 3 nitrogen and oxygen atoms in total. The Morgan fingerprint density at radius 3 is 1.38 bits per heavy atom. The minimum absolute atomic E-state index is 0.177. The van der Waals surface area contributed by atoms with Crippen LogP contribution in [-0.2, 0) is 0 Å². The molecule has 0 radical (unpaired) electrons. The van der Waals surface area contributed by atoms with E-state index < -0.39 is 0 Å². The molecule has 0 bridgehead atoms. The highest BCUT2D eigenvalue weighted by atomic mass is 16.1. The normalized spacial score (nSPS) is 10.5. The van der Waals surface area contributed by atoms with E-state index in [1.807, 2.05) is 84.9 Å². The number of carbonyl (C=O) groups excluding carboxylic acids is 1. The van der Waals surface area contributed by atoms with Crippen molar-refractivity contribution in [2.45, 2.75) is 0 Å². The third-order valence-electron chi connectivity index (χ3n) is 4.22. The first-order valence-corrected chi connectivity index (χ1v) is 8.40. The van der Waals surface area contributed by atoms with Gasteiger partial charge in [0.1, 0.15) is 11.4 Å². The summed E-state index contributed by atoms with van der Waals surface area (Å²) in [7, 11) is 0. The van der Waals surface area contributed by atoms with Crippen molar-refractivity contribution in [3.8, 4) is 22.3 Å². The Morgan fingerprint density at radius 1 is 0.538 bits per heavy atom. The molecule has 124 valence electrons. The molecule has 0 fully saturated rings. The molecule has 0 aliphatic heterocycles. The van der Waals surface area contributed by atoms with Gasteiger partial charge in [0.2, 0.25) is 5.78 Å². The van der Waals surface area contributed by atoms with Crippen LogP contribution < -0.4 is 0 Å². The minimum atomic E-state index is -0.177. The van der Waals surface area contributed by atoms with E-state index in [0.717, 1.165) is 22.3 Å². The molecule has 0 aliphatic rings. The molecule has 4 rings (SSSR count). The molecule has 0 saturated heterocycles. The van der Waals surface area contributed by atoms with Gasteiger partial charge >= 0.3 is 0 Å². The van der Waals surface area contributed by atoms with Crippen molar-refractivity contribution in [2.24, 2.45) is 0 Å². The van der Waals surface area contributed by atoms with Gasteiger partial charge in [-0.2, -0.15) is 0 Å². The number of benzene rings is 2. The number of aromatic nitrogens is 2. The number of pyridine rings is 2. The van der Waals surface area contributed by atoms with Crippen LogP contribution in [0.5, 0.6) is 0 Å². The summed E-state index contributed by atoms with van der Waals surface area (Å²) in [6, 6.07) is 27.1. The van der Waals surface area contributed by atoms with Crippen LogP contribution in [0.15, 0.2) is 97.3 Å². The fourth-order valence-corrected chi connectivity index (χ4v) is 2.99. The highest BCUT2D eigenvalue weighted by Crippen LogP contribution is 2.27. The quantitative estimate of drug-likeness (QED) is 0.490. The SMILES string of the molecule is O=C(c1ncccc1-c1ccccc1)c1ncccc1-c1ccccc1. The van der Waals surface area contributed by atoms with Gasteiger partial charge in [-0.05, 0) is 23.3 Å². The van der Waals surface area contributed by atoms with Gasteiger partial charge in [-0.25, -0.2) is 0 Å². The van der Waals surface area contributed by atoms with Crippen molar-refractivity contribution in [1.82, 2.24) is 9.97 Å². The van der Waals surface area contributed by atoms with Crippen molar-refractivity contribution in [3.63, 3.8) is 0 Å². The van der Waals surface area contributed by atoms with Gasteiger partial charge < -0.3 is 0 Å². The summed E-state index contributed by atoms with van der Waals surface area (Å²) < 4.78 is 0. The van der Waals surface area contributed by atoms with Gasteiger partial charge in [0.25, 0.3) is 0 Å². The lowest BCUT2D eigenvalue weighted by Crippen LogP contribution is -2.10. The largest absolute Gasteiger partial charge is 0.285 e. The summed E-state index contributed by atoms with van der Waals surface area (Å²) in [5.41, 5.74) is 4.36. The molecule has 2 heterocycles. The molecule has 0 saturated carbocycles. The predicted molar refractivity (Wildman–Crippen MR) is 103 cm³/mol. The maximum Gasteiger partial charge on any atom is 0.230 e. The fourth-order valence-electron chi connectivity index (χ4n) is 2.99. The third-order valence-corrected chi connectivity index (χ3v) is 4.22. The zero-order chi connectivity index (χ0) is 17.8. The number of carbonyl (C=O) groups is 1. The Balaban J connectivity index is 1.84. The van der Waals surface area contributed by atoms with Gasteiger partial charge in [-0.3, -0.25) is 14.8 Å². The van der Waals surface area contributed by atoms with Crippen molar-refractivity contribution < 1.29 is 4.79 Å². The summed E-state index contributed by atoms with van der Waals surface area (Å²) in [6.07, 6.45) is 3.29.